The number of hydrogen-bond donors (Lipinski definition) is 1. The number of nitrogens with zero attached hydrogens (tertiary/aromatic N) is 1. The van der Waals surface area contributed by atoms with Crippen LogP contribution in [0.3, 0.4) is 0 Å². The van der Waals surface area contributed by atoms with Crippen molar-refractivity contribution in [1.82, 2.24) is 4.90 Å². The summed E-state index contributed by atoms with van der Waals surface area (Å²) >= 11 is 0. The molecule has 2 unspecified atom stereocenters. The number of halogens is 1. The average Bonchev–Trinajstić information content (AvgIpc) is 2.53. The van der Waals surface area contributed by atoms with Gasteiger partial charge in [0.2, 0.25) is 5.91 Å². The SMILES string of the molecule is CC(N)C1CCN(C(=O)C2CCCc3ccccc32)CC1.Cl. The number of rotatable bonds is 2. The van der Waals surface area contributed by atoms with Crippen LogP contribution in [-0.4, -0.2) is 29.9 Å². The van der Waals surface area contributed by atoms with Gasteiger partial charge in [0.15, 0.2) is 0 Å². The van der Waals surface area contributed by atoms with E-state index in [0.717, 1.165) is 45.2 Å². The minimum atomic E-state index is 0. The Kier molecular flexibility index (Phi) is 5.87. The Morgan fingerprint density at radius 3 is 2.59 bits per heavy atom. The molecule has 4 heteroatoms. The van der Waals surface area contributed by atoms with E-state index in [-0.39, 0.29) is 24.4 Å². The summed E-state index contributed by atoms with van der Waals surface area (Å²) in [6.07, 6.45) is 5.36. The molecule has 0 saturated carbocycles. The van der Waals surface area contributed by atoms with Gasteiger partial charge in [-0.2, -0.15) is 0 Å². The molecule has 1 fully saturated rings. The molecule has 22 heavy (non-hydrogen) atoms. The maximum absolute atomic E-state index is 12.9. The van der Waals surface area contributed by atoms with Crippen LogP contribution in [0.5, 0.6) is 0 Å². The van der Waals surface area contributed by atoms with Gasteiger partial charge in [-0.25, -0.2) is 0 Å². The van der Waals surface area contributed by atoms with Crippen molar-refractivity contribution in [1.29, 1.82) is 0 Å². The molecule has 2 atom stereocenters. The highest BCUT2D eigenvalue weighted by Gasteiger charge is 2.32. The summed E-state index contributed by atoms with van der Waals surface area (Å²) in [4.78, 5) is 15.0. The van der Waals surface area contributed by atoms with Gasteiger partial charge in [0.1, 0.15) is 0 Å². The second kappa shape index (κ2) is 7.47. The van der Waals surface area contributed by atoms with E-state index in [4.69, 9.17) is 5.73 Å². The van der Waals surface area contributed by atoms with Crippen molar-refractivity contribution in [2.75, 3.05) is 13.1 Å². The molecule has 2 N–H and O–H groups in total. The number of piperidine rings is 1. The normalized spacial score (nSPS) is 23.4. The largest absolute Gasteiger partial charge is 0.342 e. The van der Waals surface area contributed by atoms with Crippen molar-refractivity contribution in [3.63, 3.8) is 0 Å². The molecule has 3 rings (SSSR count). The zero-order valence-corrected chi connectivity index (χ0v) is 14.1. The first-order chi connectivity index (χ1) is 10.2. The summed E-state index contributed by atoms with van der Waals surface area (Å²) < 4.78 is 0. The molecule has 1 saturated heterocycles. The number of benzene rings is 1. The van der Waals surface area contributed by atoms with Crippen molar-refractivity contribution >= 4 is 18.3 Å². The van der Waals surface area contributed by atoms with Gasteiger partial charge in [-0.05, 0) is 56.1 Å². The molecule has 3 nitrogen and oxygen atoms in total. The lowest BCUT2D eigenvalue weighted by Gasteiger charge is -2.37. The van der Waals surface area contributed by atoms with Gasteiger partial charge in [-0.1, -0.05) is 24.3 Å². The van der Waals surface area contributed by atoms with E-state index in [1.54, 1.807) is 0 Å². The van der Waals surface area contributed by atoms with E-state index >= 15 is 0 Å². The molecule has 1 aliphatic carbocycles. The van der Waals surface area contributed by atoms with Crippen molar-refractivity contribution in [2.24, 2.45) is 11.7 Å². The molecule has 0 radical (unpaired) electrons. The van der Waals surface area contributed by atoms with Gasteiger partial charge in [-0.3, -0.25) is 4.79 Å². The first kappa shape index (κ1) is 17.3. The fourth-order valence-electron chi connectivity index (χ4n) is 3.88. The van der Waals surface area contributed by atoms with E-state index in [9.17, 15) is 4.79 Å². The number of aryl methyl sites for hydroxylation is 1. The lowest BCUT2D eigenvalue weighted by molar-refractivity contribution is -0.134. The average molecular weight is 323 g/mol. The van der Waals surface area contributed by atoms with Crippen molar-refractivity contribution in [2.45, 2.75) is 51.0 Å². The number of likely N-dealkylation sites (tertiary alicyclic amines) is 1. The van der Waals surface area contributed by atoms with E-state index < -0.39 is 0 Å². The van der Waals surface area contributed by atoms with Gasteiger partial charge in [0.25, 0.3) is 0 Å². The van der Waals surface area contributed by atoms with Gasteiger partial charge in [0, 0.05) is 19.1 Å². The first-order valence-corrected chi connectivity index (χ1v) is 8.29. The Hall–Kier alpha value is -1.06. The van der Waals surface area contributed by atoms with Crippen LogP contribution in [0.1, 0.15) is 49.7 Å². The van der Waals surface area contributed by atoms with Crippen molar-refractivity contribution < 1.29 is 4.79 Å². The Balaban J connectivity index is 0.00000176. The van der Waals surface area contributed by atoms with Crippen LogP contribution in [0.15, 0.2) is 24.3 Å². The van der Waals surface area contributed by atoms with Gasteiger partial charge in [-0.15, -0.1) is 12.4 Å². The summed E-state index contributed by atoms with van der Waals surface area (Å²) in [5.74, 6) is 1.000. The lowest BCUT2D eigenvalue weighted by atomic mass is 9.81. The Bertz CT molecular complexity index is 510. The molecule has 0 spiro atoms. The molecular weight excluding hydrogens is 296 g/mol. The summed E-state index contributed by atoms with van der Waals surface area (Å²) in [5.41, 5.74) is 8.63. The predicted octanol–water partition coefficient (Wildman–Crippen LogP) is 3.11. The number of amides is 1. The Morgan fingerprint density at radius 1 is 1.23 bits per heavy atom. The summed E-state index contributed by atoms with van der Waals surface area (Å²) in [7, 11) is 0. The fraction of sp³-hybridized carbons (Fsp3) is 0.611. The second-order valence-electron chi connectivity index (χ2n) is 6.67. The molecule has 122 valence electrons. The number of carbonyl (C=O) groups excluding carboxylic acids is 1. The van der Waals surface area contributed by atoms with Crippen LogP contribution >= 0.6 is 12.4 Å². The van der Waals surface area contributed by atoms with Crippen LogP contribution in [0.25, 0.3) is 0 Å². The maximum atomic E-state index is 12.9. The molecule has 1 heterocycles. The van der Waals surface area contributed by atoms with Crippen LogP contribution in [0.2, 0.25) is 0 Å². The smallest absolute Gasteiger partial charge is 0.230 e. The number of nitrogens with two attached hydrogens (primary N) is 1. The summed E-state index contributed by atoms with van der Waals surface area (Å²) in [5, 5.41) is 0. The van der Waals surface area contributed by atoms with Gasteiger partial charge >= 0.3 is 0 Å². The van der Waals surface area contributed by atoms with Gasteiger partial charge in [0.05, 0.1) is 5.92 Å². The monoisotopic (exact) mass is 322 g/mol. The number of carbonyl (C=O) groups is 1. The molecular formula is C18H27ClN2O. The van der Waals surface area contributed by atoms with Crippen LogP contribution in [0, 0.1) is 5.92 Å². The van der Waals surface area contributed by atoms with E-state index in [1.165, 1.54) is 11.1 Å². The van der Waals surface area contributed by atoms with Crippen LogP contribution < -0.4 is 5.73 Å². The third-order valence-corrected chi connectivity index (χ3v) is 5.26. The van der Waals surface area contributed by atoms with Crippen molar-refractivity contribution in [3.8, 4) is 0 Å². The highest BCUT2D eigenvalue weighted by molar-refractivity contribution is 5.85. The zero-order chi connectivity index (χ0) is 14.8. The zero-order valence-electron chi connectivity index (χ0n) is 13.3. The minimum absolute atomic E-state index is 0. The fourth-order valence-corrected chi connectivity index (χ4v) is 3.88. The van der Waals surface area contributed by atoms with Crippen LogP contribution in [0.4, 0.5) is 0 Å². The van der Waals surface area contributed by atoms with Crippen LogP contribution in [-0.2, 0) is 11.2 Å². The highest BCUT2D eigenvalue weighted by Crippen LogP contribution is 2.34. The van der Waals surface area contributed by atoms with Gasteiger partial charge < -0.3 is 10.6 Å². The second-order valence-corrected chi connectivity index (χ2v) is 6.67. The molecule has 2 aliphatic rings. The Labute approximate surface area is 139 Å². The lowest BCUT2D eigenvalue weighted by Crippen LogP contribution is -2.44. The third-order valence-electron chi connectivity index (χ3n) is 5.26. The third kappa shape index (κ3) is 3.47. The topological polar surface area (TPSA) is 46.3 Å². The molecule has 1 aliphatic heterocycles. The van der Waals surface area contributed by atoms with E-state index in [1.807, 2.05) is 0 Å². The maximum Gasteiger partial charge on any atom is 0.230 e. The molecule has 0 bridgehead atoms. The highest BCUT2D eigenvalue weighted by atomic mass is 35.5. The summed E-state index contributed by atoms with van der Waals surface area (Å²) in [6.45, 7) is 3.84. The first-order valence-electron chi connectivity index (χ1n) is 8.29. The quantitative estimate of drug-likeness (QED) is 0.909. The Morgan fingerprint density at radius 2 is 1.91 bits per heavy atom. The standard InChI is InChI=1S/C18H26N2O.ClH/c1-13(19)14-9-11-20(12-10-14)18(21)17-8-4-6-15-5-2-3-7-16(15)17;/h2-3,5,7,13-14,17H,4,6,8-12,19H2,1H3;1H. The predicted molar refractivity (Wildman–Crippen MR) is 92.3 cm³/mol. The molecule has 1 aromatic carbocycles. The van der Waals surface area contributed by atoms with Crippen molar-refractivity contribution in [3.05, 3.63) is 35.4 Å². The van der Waals surface area contributed by atoms with E-state index in [0.29, 0.717) is 11.8 Å². The molecule has 1 amide bonds. The summed E-state index contributed by atoms with van der Waals surface area (Å²) in [6, 6.07) is 8.72. The molecule has 0 aromatic heterocycles. The number of hydrogen-bond acceptors (Lipinski definition) is 2. The minimum Gasteiger partial charge on any atom is -0.342 e. The van der Waals surface area contributed by atoms with E-state index in [2.05, 4.69) is 36.1 Å². The molecule has 1 aromatic rings. The number of fused-ring (bicyclic) bond motifs is 1.